The molecule has 0 saturated heterocycles. The molecule has 0 unspecified atom stereocenters. The predicted octanol–water partition coefficient (Wildman–Crippen LogP) is 3.55. The molecule has 0 aliphatic heterocycles. The van der Waals surface area contributed by atoms with Gasteiger partial charge in [0.2, 0.25) is 5.89 Å². The van der Waals surface area contributed by atoms with Gasteiger partial charge in [-0.15, -0.1) is 11.3 Å². The van der Waals surface area contributed by atoms with Gasteiger partial charge in [-0.3, -0.25) is 0 Å². The molecule has 3 nitrogen and oxygen atoms in total. The van der Waals surface area contributed by atoms with Gasteiger partial charge in [-0.1, -0.05) is 25.4 Å². The Bertz CT molecular complexity index is 464. The van der Waals surface area contributed by atoms with E-state index in [1.807, 2.05) is 12.1 Å². The highest BCUT2D eigenvalue weighted by atomic mass is 35.5. The molecule has 86 valence electrons. The van der Waals surface area contributed by atoms with Crippen LogP contribution in [0.2, 0.25) is 4.34 Å². The van der Waals surface area contributed by atoms with E-state index in [0.717, 1.165) is 21.5 Å². The number of halogens is 1. The third-order valence-electron chi connectivity index (χ3n) is 2.03. The fourth-order valence-electron chi connectivity index (χ4n) is 1.24. The van der Waals surface area contributed by atoms with Crippen molar-refractivity contribution in [1.82, 2.24) is 10.3 Å². The van der Waals surface area contributed by atoms with Gasteiger partial charge >= 0.3 is 0 Å². The highest BCUT2D eigenvalue weighted by molar-refractivity contribution is 7.19. The first kappa shape index (κ1) is 11.6. The summed E-state index contributed by atoms with van der Waals surface area (Å²) in [6.45, 7) is 4.92. The van der Waals surface area contributed by atoms with Crippen LogP contribution in [0.5, 0.6) is 0 Å². The van der Waals surface area contributed by atoms with Crippen LogP contribution >= 0.6 is 22.9 Å². The topological polar surface area (TPSA) is 38.1 Å². The average molecular weight is 257 g/mol. The second-order valence-corrected chi connectivity index (χ2v) is 5.50. The number of thiophene rings is 1. The zero-order valence-corrected chi connectivity index (χ0v) is 10.7. The first-order valence-electron chi connectivity index (χ1n) is 5.08. The molecule has 2 rings (SSSR count). The first-order chi connectivity index (χ1) is 7.65. The van der Waals surface area contributed by atoms with E-state index in [0.29, 0.717) is 11.9 Å². The molecule has 2 aromatic rings. The third kappa shape index (κ3) is 2.84. The standard InChI is InChI=1S/C11H13ClN2OS/c1-7(2)13-5-8-6-15-11(14-8)9-3-4-10(12)16-9/h3-4,6-7,13H,5H2,1-2H3. The molecule has 0 aliphatic rings. The SMILES string of the molecule is CC(C)NCc1coc(-c2ccc(Cl)s2)n1. The molecule has 0 amide bonds. The fraction of sp³-hybridized carbons (Fsp3) is 0.364. The van der Waals surface area contributed by atoms with Gasteiger partial charge < -0.3 is 9.73 Å². The maximum absolute atomic E-state index is 5.86. The van der Waals surface area contributed by atoms with E-state index in [2.05, 4.69) is 24.1 Å². The van der Waals surface area contributed by atoms with Crippen molar-refractivity contribution in [2.24, 2.45) is 0 Å². The highest BCUT2D eigenvalue weighted by Crippen LogP contribution is 2.30. The minimum Gasteiger partial charge on any atom is -0.444 e. The molecule has 0 radical (unpaired) electrons. The van der Waals surface area contributed by atoms with Crippen molar-refractivity contribution in [2.45, 2.75) is 26.4 Å². The lowest BCUT2D eigenvalue weighted by molar-refractivity contribution is 0.561. The van der Waals surface area contributed by atoms with Crippen molar-refractivity contribution in [3.05, 3.63) is 28.4 Å². The Morgan fingerprint density at radius 1 is 1.50 bits per heavy atom. The van der Waals surface area contributed by atoms with Gasteiger partial charge in [0.15, 0.2) is 0 Å². The molecule has 16 heavy (non-hydrogen) atoms. The first-order valence-corrected chi connectivity index (χ1v) is 6.28. The van der Waals surface area contributed by atoms with E-state index in [1.54, 1.807) is 6.26 Å². The number of nitrogens with one attached hydrogen (secondary N) is 1. The van der Waals surface area contributed by atoms with Crippen LogP contribution in [-0.4, -0.2) is 11.0 Å². The molecule has 0 fully saturated rings. The number of oxazole rings is 1. The molecule has 0 spiro atoms. The quantitative estimate of drug-likeness (QED) is 0.909. The van der Waals surface area contributed by atoms with E-state index in [-0.39, 0.29) is 0 Å². The summed E-state index contributed by atoms with van der Waals surface area (Å²) in [7, 11) is 0. The third-order valence-corrected chi connectivity index (χ3v) is 3.25. The second-order valence-electron chi connectivity index (χ2n) is 3.78. The number of rotatable bonds is 4. The van der Waals surface area contributed by atoms with Crippen molar-refractivity contribution in [2.75, 3.05) is 0 Å². The molecule has 1 N–H and O–H groups in total. The largest absolute Gasteiger partial charge is 0.444 e. The Morgan fingerprint density at radius 3 is 2.94 bits per heavy atom. The van der Waals surface area contributed by atoms with Crippen molar-refractivity contribution in [3.63, 3.8) is 0 Å². The highest BCUT2D eigenvalue weighted by Gasteiger charge is 2.09. The lowest BCUT2D eigenvalue weighted by Gasteiger charge is -2.03. The van der Waals surface area contributed by atoms with Crippen LogP contribution in [0, 0.1) is 0 Å². The van der Waals surface area contributed by atoms with E-state index < -0.39 is 0 Å². The molecule has 0 atom stereocenters. The van der Waals surface area contributed by atoms with Crippen molar-refractivity contribution in [1.29, 1.82) is 0 Å². The summed E-state index contributed by atoms with van der Waals surface area (Å²) < 4.78 is 6.14. The minimum absolute atomic E-state index is 0.441. The molecule has 2 aromatic heterocycles. The van der Waals surface area contributed by atoms with Crippen molar-refractivity contribution < 1.29 is 4.42 Å². The van der Waals surface area contributed by atoms with Gasteiger partial charge in [0, 0.05) is 12.6 Å². The van der Waals surface area contributed by atoms with E-state index >= 15 is 0 Å². The summed E-state index contributed by atoms with van der Waals surface area (Å²) in [6, 6.07) is 4.20. The number of hydrogen-bond donors (Lipinski definition) is 1. The molecule has 0 aromatic carbocycles. The monoisotopic (exact) mass is 256 g/mol. The maximum Gasteiger partial charge on any atom is 0.236 e. The minimum atomic E-state index is 0.441. The molecule has 0 bridgehead atoms. The predicted molar refractivity (Wildman–Crippen MR) is 66.8 cm³/mol. The van der Waals surface area contributed by atoms with Crippen LogP contribution < -0.4 is 5.32 Å². The Kier molecular flexibility index (Phi) is 3.63. The van der Waals surface area contributed by atoms with E-state index in [4.69, 9.17) is 16.0 Å². The zero-order chi connectivity index (χ0) is 11.5. The van der Waals surface area contributed by atoms with Gasteiger partial charge in [-0.25, -0.2) is 4.98 Å². The number of aromatic nitrogens is 1. The van der Waals surface area contributed by atoms with Gasteiger partial charge in [-0.2, -0.15) is 0 Å². The number of nitrogens with zero attached hydrogens (tertiary/aromatic N) is 1. The zero-order valence-electron chi connectivity index (χ0n) is 9.16. The van der Waals surface area contributed by atoms with Gasteiger partial charge in [0.1, 0.15) is 6.26 Å². The molecule has 5 heteroatoms. The molecule has 0 aliphatic carbocycles. The van der Waals surface area contributed by atoms with Crippen molar-refractivity contribution >= 4 is 22.9 Å². The molecular weight excluding hydrogens is 244 g/mol. The van der Waals surface area contributed by atoms with Crippen LogP contribution in [0.3, 0.4) is 0 Å². The van der Waals surface area contributed by atoms with Gasteiger partial charge in [-0.05, 0) is 12.1 Å². The summed E-state index contributed by atoms with van der Waals surface area (Å²) >= 11 is 7.32. The van der Waals surface area contributed by atoms with E-state index in [1.165, 1.54) is 11.3 Å². The number of hydrogen-bond acceptors (Lipinski definition) is 4. The Labute approximate surface area is 103 Å². The lowest BCUT2D eigenvalue weighted by atomic mass is 10.3. The average Bonchev–Trinajstić information content (AvgIpc) is 2.83. The summed E-state index contributed by atoms with van der Waals surface area (Å²) in [4.78, 5) is 5.35. The summed E-state index contributed by atoms with van der Waals surface area (Å²) in [5.74, 6) is 0.637. The molecule has 0 saturated carbocycles. The van der Waals surface area contributed by atoms with Gasteiger partial charge in [0.25, 0.3) is 0 Å². The molecular formula is C11H13ClN2OS. The lowest BCUT2D eigenvalue weighted by Crippen LogP contribution is -2.21. The Morgan fingerprint density at radius 2 is 2.31 bits per heavy atom. The van der Waals surface area contributed by atoms with Crippen LogP contribution in [0.1, 0.15) is 19.5 Å². The van der Waals surface area contributed by atoms with Crippen molar-refractivity contribution in [3.8, 4) is 10.8 Å². The van der Waals surface area contributed by atoms with Crippen LogP contribution in [0.15, 0.2) is 22.8 Å². The smallest absolute Gasteiger partial charge is 0.236 e. The Hall–Kier alpha value is -0.840. The summed E-state index contributed by atoms with van der Waals surface area (Å²) in [5.41, 5.74) is 0.910. The van der Waals surface area contributed by atoms with E-state index in [9.17, 15) is 0 Å². The maximum atomic E-state index is 5.86. The van der Waals surface area contributed by atoms with Gasteiger partial charge in [0.05, 0.1) is 14.9 Å². The Balaban J connectivity index is 2.07. The second kappa shape index (κ2) is 4.99. The summed E-state index contributed by atoms with van der Waals surface area (Å²) in [6.07, 6.45) is 1.68. The molecule has 2 heterocycles. The fourth-order valence-corrected chi connectivity index (χ4v) is 2.21. The van der Waals surface area contributed by atoms with Crippen LogP contribution in [0.4, 0.5) is 0 Å². The van der Waals surface area contributed by atoms with Crippen LogP contribution in [0.25, 0.3) is 10.8 Å². The van der Waals surface area contributed by atoms with Crippen LogP contribution in [-0.2, 0) is 6.54 Å². The summed E-state index contributed by atoms with van der Waals surface area (Å²) in [5, 5.41) is 3.29. The normalized spacial score (nSPS) is 11.2.